The highest BCUT2D eigenvalue weighted by Crippen LogP contribution is 2.12. The average molecular weight is 279 g/mol. The molecule has 0 bridgehead atoms. The number of likely N-dealkylation sites (N-methyl/N-ethyl adjacent to an activating group) is 1. The van der Waals surface area contributed by atoms with E-state index in [-0.39, 0.29) is 6.03 Å². The number of hydrogen-bond acceptors (Lipinski definition) is 3. The molecule has 0 aromatic heterocycles. The van der Waals surface area contributed by atoms with Gasteiger partial charge < -0.3 is 20.3 Å². The van der Waals surface area contributed by atoms with Crippen LogP contribution in [0.25, 0.3) is 0 Å². The zero-order chi connectivity index (χ0) is 13.8. The molecule has 0 aliphatic carbocycles. The second-order valence-electron chi connectivity index (χ2n) is 4.43. The van der Waals surface area contributed by atoms with Gasteiger partial charge in [0.05, 0.1) is 6.54 Å². The highest BCUT2D eigenvalue weighted by Gasteiger charge is 2.24. The van der Waals surface area contributed by atoms with Crippen molar-refractivity contribution in [3.05, 3.63) is 29.8 Å². The van der Waals surface area contributed by atoms with Crippen molar-refractivity contribution in [1.29, 1.82) is 0 Å². The third kappa shape index (κ3) is 3.35. The summed E-state index contributed by atoms with van der Waals surface area (Å²) in [7, 11) is 1.80. The predicted molar refractivity (Wildman–Crippen MR) is 77.4 cm³/mol. The van der Waals surface area contributed by atoms with Crippen LogP contribution in [-0.4, -0.2) is 54.1 Å². The number of urea groups is 1. The predicted octanol–water partition coefficient (Wildman–Crippen LogP) is 1.07. The van der Waals surface area contributed by atoms with Gasteiger partial charge in [0.1, 0.15) is 17.3 Å². The molecule has 1 heterocycles. The first kappa shape index (κ1) is 13.6. The van der Waals surface area contributed by atoms with E-state index >= 15 is 0 Å². The number of hydrogen-bond donors (Lipinski definition) is 1. The molecular weight excluding hydrogens is 262 g/mol. The molecule has 0 atom stereocenters. The van der Waals surface area contributed by atoms with Gasteiger partial charge in [0.2, 0.25) is 0 Å². The van der Waals surface area contributed by atoms with Crippen LogP contribution in [0, 0.1) is 0 Å². The summed E-state index contributed by atoms with van der Waals surface area (Å²) in [5, 5.41) is 0. The van der Waals surface area contributed by atoms with Gasteiger partial charge in [-0.15, -0.1) is 0 Å². The first-order valence-corrected chi connectivity index (χ1v) is 6.51. The van der Waals surface area contributed by atoms with Crippen LogP contribution < -0.4 is 10.5 Å². The van der Waals surface area contributed by atoms with Gasteiger partial charge in [0.15, 0.2) is 0 Å². The molecule has 5 nitrogen and oxygen atoms in total. The Morgan fingerprint density at radius 1 is 1.37 bits per heavy atom. The number of amides is 2. The van der Waals surface area contributed by atoms with Crippen molar-refractivity contribution >= 4 is 23.2 Å². The number of ether oxygens (including phenoxy) is 1. The molecule has 1 aliphatic rings. The lowest BCUT2D eigenvalue weighted by atomic mass is 10.2. The lowest BCUT2D eigenvalue weighted by molar-refractivity contribution is 0.188. The van der Waals surface area contributed by atoms with Gasteiger partial charge in [-0.05, 0) is 24.3 Å². The van der Waals surface area contributed by atoms with Crippen LogP contribution in [0.3, 0.4) is 0 Å². The van der Waals surface area contributed by atoms with E-state index in [4.69, 9.17) is 22.7 Å². The molecule has 19 heavy (non-hydrogen) atoms. The third-order valence-electron chi connectivity index (χ3n) is 3.07. The van der Waals surface area contributed by atoms with Crippen molar-refractivity contribution in [2.45, 2.75) is 0 Å². The summed E-state index contributed by atoms with van der Waals surface area (Å²) in [5.41, 5.74) is 6.34. The Kier molecular flexibility index (Phi) is 4.21. The van der Waals surface area contributed by atoms with Crippen LogP contribution in [0.5, 0.6) is 5.75 Å². The molecule has 0 unspecified atom stereocenters. The van der Waals surface area contributed by atoms with Crippen molar-refractivity contribution in [2.24, 2.45) is 5.73 Å². The maximum Gasteiger partial charge on any atom is 0.319 e. The summed E-state index contributed by atoms with van der Waals surface area (Å²) in [6.07, 6.45) is 0. The van der Waals surface area contributed by atoms with Gasteiger partial charge in [0, 0.05) is 25.7 Å². The van der Waals surface area contributed by atoms with E-state index < -0.39 is 0 Å². The maximum atomic E-state index is 11.6. The van der Waals surface area contributed by atoms with Gasteiger partial charge in [-0.25, -0.2) is 4.79 Å². The molecule has 2 amide bonds. The van der Waals surface area contributed by atoms with E-state index in [1.165, 1.54) is 0 Å². The van der Waals surface area contributed by atoms with Crippen LogP contribution in [0.4, 0.5) is 4.79 Å². The monoisotopic (exact) mass is 279 g/mol. The van der Waals surface area contributed by atoms with Gasteiger partial charge in [0.25, 0.3) is 0 Å². The zero-order valence-electron chi connectivity index (χ0n) is 10.8. The quantitative estimate of drug-likeness (QED) is 0.819. The zero-order valence-corrected chi connectivity index (χ0v) is 11.7. The van der Waals surface area contributed by atoms with Crippen LogP contribution in [0.15, 0.2) is 24.3 Å². The van der Waals surface area contributed by atoms with E-state index in [0.717, 1.165) is 24.4 Å². The van der Waals surface area contributed by atoms with Crippen LogP contribution in [0.1, 0.15) is 5.56 Å². The van der Waals surface area contributed by atoms with Crippen LogP contribution in [-0.2, 0) is 0 Å². The van der Waals surface area contributed by atoms with E-state index in [1.54, 1.807) is 16.8 Å². The number of nitrogens with zero attached hydrogens (tertiary/aromatic N) is 2. The molecular formula is C13H17N3O2S. The van der Waals surface area contributed by atoms with Crippen molar-refractivity contribution in [3.63, 3.8) is 0 Å². The minimum Gasteiger partial charge on any atom is -0.492 e. The van der Waals surface area contributed by atoms with Crippen molar-refractivity contribution in [1.82, 2.24) is 9.80 Å². The van der Waals surface area contributed by atoms with Gasteiger partial charge in [-0.3, -0.25) is 0 Å². The van der Waals surface area contributed by atoms with Crippen molar-refractivity contribution < 1.29 is 9.53 Å². The Bertz CT molecular complexity index is 475. The molecule has 1 aromatic carbocycles. The molecule has 0 radical (unpaired) electrons. The standard InChI is InChI=1S/C13H17N3O2S/c1-15-6-7-16(13(15)17)8-9-18-11-4-2-10(3-5-11)12(14)19/h2-5H,6-9H2,1H3,(H2,14,19). The number of nitrogens with two attached hydrogens (primary N) is 1. The normalized spacial score (nSPS) is 14.9. The Balaban J connectivity index is 1.80. The molecule has 0 saturated carbocycles. The Morgan fingerprint density at radius 2 is 2.05 bits per heavy atom. The molecule has 1 saturated heterocycles. The fraction of sp³-hybridized carbons (Fsp3) is 0.385. The minimum absolute atomic E-state index is 0.0624. The second-order valence-corrected chi connectivity index (χ2v) is 4.87. The van der Waals surface area contributed by atoms with Crippen LogP contribution >= 0.6 is 12.2 Å². The summed E-state index contributed by atoms with van der Waals surface area (Å²) < 4.78 is 5.59. The lowest BCUT2D eigenvalue weighted by Gasteiger charge is -2.16. The van der Waals surface area contributed by atoms with E-state index in [9.17, 15) is 4.79 Å². The summed E-state index contributed by atoms with van der Waals surface area (Å²) in [6.45, 7) is 2.62. The van der Waals surface area contributed by atoms with E-state index in [2.05, 4.69) is 0 Å². The molecule has 2 rings (SSSR count). The Labute approximate surface area is 117 Å². The van der Waals surface area contributed by atoms with E-state index in [1.807, 2.05) is 24.3 Å². The molecule has 102 valence electrons. The highest BCUT2D eigenvalue weighted by molar-refractivity contribution is 7.80. The van der Waals surface area contributed by atoms with Gasteiger partial charge >= 0.3 is 6.03 Å². The van der Waals surface area contributed by atoms with E-state index in [0.29, 0.717) is 18.1 Å². The molecule has 0 spiro atoms. The average Bonchev–Trinajstić information content (AvgIpc) is 2.71. The number of rotatable bonds is 5. The summed E-state index contributed by atoms with van der Waals surface area (Å²) in [4.78, 5) is 15.5. The smallest absolute Gasteiger partial charge is 0.319 e. The fourth-order valence-electron chi connectivity index (χ4n) is 1.90. The molecule has 1 aliphatic heterocycles. The minimum atomic E-state index is 0.0624. The van der Waals surface area contributed by atoms with Crippen molar-refractivity contribution in [2.75, 3.05) is 33.3 Å². The first-order valence-electron chi connectivity index (χ1n) is 6.10. The number of carbonyl (C=O) groups excluding carboxylic acids is 1. The topological polar surface area (TPSA) is 58.8 Å². The molecule has 1 aromatic rings. The molecule has 2 N–H and O–H groups in total. The third-order valence-corrected chi connectivity index (χ3v) is 3.31. The fourth-order valence-corrected chi connectivity index (χ4v) is 2.04. The van der Waals surface area contributed by atoms with Gasteiger partial charge in [-0.1, -0.05) is 12.2 Å². The van der Waals surface area contributed by atoms with Crippen LogP contribution in [0.2, 0.25) is 0 Å². The number of carbonyl (C=O) groups is 1. The summed E-state index contributed by atoms with van der Waals surface area (Å²) >= 11 is 4.88. The first-order chi connectivity index (χ1) is 9.08. The molecule has 1 fully saturated rings. The largest absolute Gasteiger partial charge is 0.492 e. The Morgan fingerprint density at radius 3 is 2.58 bits per heavy atom. The summed E-state index contributed by atoms with van der Waals surface area (Å²) in [6, 6.07) is 7.37. The molecule has 6 heteroatoms. The van der Waals surface area contributed by atoms with Crippen molar-refractivity contribution in [3.8, 4) is 5.75 Å². The lowest BCUT2D eigenvalue weighted by Crippen LogP contribution is -2.32. The Hall–Kier alpha value is -1.82. The SMILES string of the molecule is CN1CCN(CCOc2ccc(C(N)=S)cc2)C1=O. The number of benzene rings is 1. The second kappa shape index (κ2) is 5.88. The summed E-state index contributed by atoms with van der Waals surface area (Å²) in [5.74, 6) is 0.750. The highest BCUT2D eigenvalue weighted by atomic mass is 32.1. The van der Waals surface area contributed by atoms with Gasteiger partial charge in [-0.2, -0.15) is 0 Å². The maximum absolute atomic E-state index is 11.6. The number of thiocarbonyl (C=S) groups is 1.